The van der Waals surface area contributed by atoms with Gasteiger partial charge in [-0.25, -0.2) is 0 Å². The molecule has 1 atom stereocenters. The van der Waals surface area contributed by atoms with Crippen molar-refractivity contribution in [2.75, 3.05) is 19.0 Å². The van der Waals surface area contributed by atoms with Gasteiger partial charge in [0.1, 0.15) is 0 Å². The Hall–Kier alpha value is 0.210. The summed E-state index contributed by atoms with van der Waals surface area (Å²) in [6.07, 6.45) is 8.58. The Morgan fingerprint density at radius 2 is 1.82 bits per heavy atom. The standard InChI is InChI=1S/C14H26ClNO/c1-14(2)11-16(10-13(9-15)17-14)12-7-5-3-4-6-8-12/h12-13H,3-11H2,1-2H3. The van der Waals surface area contributed by atoms with Crippen LogP contribution in [0, 0.1) is 0 Å². The number of rotatable bonds is 2. The Morgan fingerprint density at radius 1 is 1.18 bits per heavy atom. The highest BCUT2D eigenvalue weighted by molar-refractivity contribution is 6.18. The molecule has 0 radical (unpaired) electrons. The number of morpholine rings is 1. The van der Waals surface area contributed by atoms with Crippen LogP contribution in [0.25, 0.3) is 0 Å². The maximum atomic E-state index is 6.00. The van der Waals surface area contributed by atoms with Crippen LogP contribution in [-0.4, -0.2) is 41.6 Å². The van der Waals surface area contributed by atoms with Gasteiger partial charge in [0.15, 0.2) is 0 Å². The van der Waals surface area contributed by atoms with E-state index in [9.17, 15) is 0 Å². The van der Waals surface area contributed by atoms with E-state index in [4.69, 9.17) is 16.3 Å². The predicted molar refractivity (Wildman–Crippen MR) is 72.7 cm³/mol. The zero-order valence-corrected chi connectivity index (χ0v) is 12.0. The lowest BCUT2D eigenvalue weighted by molar-refractivity contribution is -0.137. The van der Waals surface area contributed by atoms with E-state index in [1.807, 2.05) is 0 Å². The van der Waals surface area contributed by atoms with E-state index in [0.717, 1.165) is 19.1 Å². The zero-order chi connectivity index (χ0) is 12.3. The highest BCUT2D eigenvalue weighted by Crippen LogP contribution is 2.28. The predicted octanol–water partition coefficient (Wildman–Crippen LogP) is 3.43. The molecule has 3 heteroatoms. The summed E-state index contributed by atoms with van der Waals surface area (Å²) in [5.41, 5.74) is -0.0376. The van der Waals surface area contributed by atoms with Crippen LogP contribution in [-0.2, 0) is 4.74 Å². The fourth-order valence-electron chi connectivity index (χ4n) is 3.32. The van der Waals surface area contributed by atoms with Gasteiger partial charge in [0.2, 0.25) is 0 Å². The van der Waals surface area contributed by atoms with Crippen LogP contribution < -0.4 is 0 Å². The van der Waals surface area contributed by atoms with E-state index in [1.54, 1.807) is 0 Å². The highest BCUT2D eigenvalue weighted by atomic mass is 35.5. The smallest absolute Gasteiger partial charge is 0.0845 e. The minimum Gasteiger partial charge on any atom is -0.368 e. The summed E-state index contributed by atoms with van der Waals surface area (Å²) in [5.74, 6) is 0.618. The van der Waals surface area contributed by atoms with Gasteiger partial charge in [-0.2, -0.15) is 0 Å². The average Bonchev–Trinajstić information content (AvgIpc) is 2.55. The van der Waals surface area contributed by atoms with E-state index in [-0.39, 0.29) is 11.7 Å². The Balaban J connectivity index is 1.98. The lowest BCUT2D eigenvalue weighted by atomic mass is 10.00. The average molecular weight is 260 g/mol. The fourth-order valence-corrected chi connectivity index (χ4v) is 3.48. The molecule has 100 valence electrons. The molecule has 0 aromatic carbocycles. The van der Waals surface area contributed by atoms with Crippen molar-refractivity contribution in [3.05, 3.63) is 0 Å². The number of halogens is 1. The van der Waals surface area contributed by atoms with Crippen molar-refractivity contribution < 1.29 is 4.74 Å². The third-order valence-electron chi connectivity index (χ3n) is 4.02. The van der Waals surface area contributed by atoms with Crippen molar-refractivity contribution in [3.63, 3.8) is 0 Å². The van der Waals surface area contributed by atoms with Crippen LogP contribution in [0.2, 0.25) is 0 Å². The second-order valence-corrected chi connectivity index (χ2v) is 6.54. The van der Waals surface area contributed by atoms with E-state index >= 15 is 0 Å². The van der Waals surface area contributed by atoms with Crippen LogP contribution in [0.4, 0.5) is 0 Å². The molecule has 0 bridgehead atoms. The van der Waals surface area contributed by atoms with E-state index in [2.05, 4.69) is 18.7 Å². The van der Waals surface area contributed by atoms with Crippen molar-refractivity contribution >= 4 is 11.6 Å². The molecule has 0 amide bonds. The van der Waals surface area contributed by atoms with Gasteiger partial charge in [0.05, 0.1) is 11.7 Å². The number of hydrogen-bond donors (Lipinski definition) is 0. The minimum absolute atomic E-state index is 0.0376. The summed E-state index contributed by atoms with van der Waals surface area (Å²) < 4.78 is 6.00. The first kappa shape index (κ1) is 13.6. The molecule has 1 heterocycles. The van der Waals surface area contributed by atoms with Crippen molar-refractivity contribution in [1.29, 1.82) is 0 Å². The van der Waals surface area contributed by atoms with E-state index in [0.29, 0.717) is 5.88 Å². The molecule has 0 aromatic rings. The number of nitrogens with zero attached hydrogens (tertiary/aromatic N) is 1. The molecule has 1 aliphatic heterocycles. The Kier molecular flexibility index (Phi) is 4.73. The van der Waals surface area contributed by atoms with Crippen LogP contribution in [0.15, 0.2) is 0 Å². The lowest BCUT2D eigenvalue weighted by Gasteiger charge is -2.45. The van der Waals surface area contributed by atoms with Gasteiger partial charge in [-0.3, -0.25) is 4.90 Å². The molecule has 1 unspecified atom stereocenters. The molecule has 2 nitrogen and oxygen atoms in total. The second kappa shape index (κ2) is 5.90. The third kappa shape index (κ3) is 3.84. The quantitative estimate of drug-likeness (QED) is 0.557. The first-order valence-corrected chi connectivity index (χ1v) is 7.62. The molecule has 0 N–H and O–H groups in total. The molecule has 2 rings (SSSR count). The van der Waals surface area contributed by atoms with Gasteiger partial charge >= 0.3 is 0 Å². The molecular formula is C14H26ClNO. The van der Waals surface area contributed by atoms with Crippen LogP contribution in [0.1, 0.15) is 52.4 Å². The Bertz CT molecular complexity index is 236. The largest absolute Gasteiger partial charge is 0.368 e. The van der Waals surface area contributed by atoms with Crippen molar-refractivity contribution in [1.82, 2.24) is 4.90 Å². The normalized spacial score (nSPS) is 32.3. The molecule has 0 spiro atoms. The number of alkyl halides is 1. The first-order chi connectivity index (χ1) is 8.11. The summed E-state index contributed by atoms with van der Waals surface area (Å²) in [6.45, 7) is 6.47. The third-order valence-corrected chi connectivity index (χ3v) is 4.37. The van der Waals surface area contributed by atoms with Gasteiger partial charge < -0.3 is 4.74 Å². The van der Waals surface area contributed by atoms with Crippen LogP contribution in [0.3, 0.4) is 0 Å². The van der Waals surface area contributed by atoms with Crippen molar-refractivity contribution in [2.45, 2.75) is 70.1 Å². The summed E-state index contributed by atoms with van der Waals surface area (Å²) in [6, 6.07) is 0.770. The number of hydrogen-bond acceptors (Lipinski definition) is 2. The summed E-state index contributed by atoms with van der Waals surface area (Å²) in [4.78, 5) is 2.64. The summed E-state index contributed by atoms with van der Waals surface area (Å²) in [7, 11) is 0. The first-order valence-electron chi connectivity index (χ1n) is 7.08. The van der Waals surface area contributed by atoms with E-state index < -0.39 is 0 Å². The van der Waals surface area contributed by atoms with Crippen LogP contribution in [0.5, 0.6) is 0 Å². The summed E-state index contributed by atoms with van der Waals surface area (Å²) in [5, 5.41) is 0. The van der Waals surface area contributed by atoms with Crippen LogP contribution >= 0.6 is 11.6 Å². The molecule has 1 aliphatic carbocycles. The molecule has 2 fully saturated rings. The molecular weight excluding hydrogens is 234 g/mol. The van der Waals surface area contributed by atoms with Gasteiger partial charge in [-0.15, -0.1) is 11.6 Å². The monoisotopic (exact) mass is 259 g/mol. The highest BCUT2D eigenvalue weighted by Gasteiger charge is 2.35. The molecule has 1 saturated carbocycles. The van der Waals surface area contributed by atoms with Crippen molar-refractivity contribution in [2.24, 2.45) is 0 Å². The number of ether oxygens (including phenoxy) is 1. The maximum absolute atomic E-state index is 6.00. The van der Waals surface area contributed by atoms with Crippen molar-refractivity contribution in [3.8, 4) is 0 Å². The van der Waals surface area contributed by atoms with Gasteiger partial charge in [0.25, 0.3) is 0 Å². The molecule has 17 heavy (non-hydrogen) atoms. The van der Waals surface area contributed by atoms with Gasteiger partial charge in [0, 0.05) is 25.0 Å². The van der Waals surface area contributed by atoms with Gasteiger partial charge in [-0.05, 0) is 26.7 Å². The minimum atomic E-state index is -0.0376. The maximum Gasteiger partial charge on any atom is 0.0845 e. The molecule has 0 aromatic heterocycles. The fraction of sp³-hybridized carbons (Fsp3) is 1.00. The van der Waals surface area contributed by atoms with E-state index in [1.165, 1.54) is 38.5 Å². The summed E-state index contributed by atoms with van der Waals surface area (Å²) >= 11 is 5.99. The Morgan fingerprint density at radius 3 is 2.41 bits per heavy atom. The van der Waals surface area contributed by atoms with Gasteiger partial charge in [-0.1, -0.05) is 25.7 Å². The SMILES string of the molecule is CC1(C)CN(C2CCCCCC2)CC(CCl)O1. The zero-order valence-electron chi connectivity index (χ0n) is 11.3. The topological polar surface area (TPSA) is 12.5 Å². The second-order valence-electron chi connectivity index (χ2n) is 6.23. The molecule has 1 saturated heterocycles. The molecule has 2 aliphatic rings. The lowest BCUT2D eigenvalue weighted by Crippen LogP contribution is -2.56. The Labute approximate surface area is 111 Å².